The number of aliphatic carboxylic acids is 2. The first kappa shape index (κ1) is 11.4. The second-order valence-corrected chi connectivity index (χ2v) is 2.17. The summed E-state index contributed by atoms with van der Waals surface area (Å²) in [7, 11) is 0. The van der Waals surface area contributed by atoms with Gasteiger partial charge in [-0.1, -0.05) is 0 Å². The van der Waals surface area contributed by atoms with Crippen LogP contribution in [0.3, 0.4) is 0 Å². The molecule has 0 aromatic carbocycles. The third-order valence-electron chi connectivity index (χ3n) is 1.02. The highest BCUT2D eigenvalue weighted by molar-refractivity contribution is 5.98. The van der Waals surface area contributed by atoms with Gasteiger partial charge in [0.05, 0.1) is 0 Å². The molecule has 0 aliphatic rings. The Morgan fingerprint density at radius 2 is 1.54 bits per heavy atom. The molecule has 0 aromatic rings. The van der Waals surface area contributed by atoms with Crippen molar-refractivity contribution in [3.8, 4) is 0 Å². The number of aliphatic hydroxyl groups is 1. The van der Waals surface area contributed by atoms with Gasteiger partial charge in [0, 0.05) is 0 Å². The average molecular weight is 192 g/mol. The van der Waals surface area contributed by atoms with Crippen molar-refractivity contribution in [2.24, 2.45) is 0 Å². The summed E-state index contributed by atoms with van der Waals surface area (Å²) in [6, 6.07) is 0. The maximum atomic E-state index is 10.6. The Kier molecular flexibility index (Phi) is 3.86. The van der Waals surface area contributed by atoms with E-state index in [1.54, 1.807) is 0 Å². The van der Waals surface area contributed by atoms with E-state index in [0.717, 1.165) is 6.92 Å². The molecule has 1 unspecified atom stereocenters. The van der Waals surface area contributed by atoms with Crippen molar-refractivity contribution in [2.45, 2.75) is 19.1 Å². The first-order chi connectivity index (χ1) is 5.86. The molecule has 0 aliphatic carbocycles. The number of carbonyl (C=O) groups is 3. The number of carboxylic acid groups (broad SMARTS) is 2. The summed E-state index contributed by atoms with van der Waals surface area (Å²) >= 11 is 0. The zero-order valence-electron chi connectivity index (χ0n) is 6.63. The molecule has 0 fully saturated rings. The number of carboxylic acids is 2. The van der Waals surface area contributed by atoms with Gasteiger partial charge in [0.2, 0.25) is 0 Å². The molecule has 0 radical (unpaired) electrons. The minimum absolute atomic E-state index is 1.03. The lowest BCUT2D eigenvalue weighted by Gasteiger charge is -2.10. The van der Waals surface area contributed by atoms with Gasteiger partial charge in [-0.3, -0.25) is 0 Å². The molecule has 7 heteroatoms. The summed E-state index contributed by atoms with van der Waals surface area (Å²) in [6.45, 7) is 1.03. The molecule has 0 aromatic heterocycles. The van der Waals surface area contributed by atoms with Gasteiger partial charge in [-0.2, -0.15) is 0 Å². The van der Waals surface area contributed by atoms with Crippen LogP contribution in [0.5, 0.6) is 0 Å². The van der Waals surface area contributed by atoms with Crippen molar-refractivity contribution in [3.63, 3.8) is 0 Å². The molecule has 0 aliphatic heterocycles. The van der Waals surface area contributed by atoms with Gasteiger partial charge in [-0.15, -0.1) is 0 Å². The number of rotatable bonds is 4. The van der Waals surface area contributed by atoms with Crippen LogP contribution in [-0.2, 0) is 19.1 Å². The predicted octanol–water partition coefficient (Wildman–Crippen LogP) is -1.55. The Labute approximate surface area is 72.5 Å². The number of hydrogen-bond donors (Lipinski definition) is 3. The van der Waals surface area contributed by atoms with E-state index in [9.17, 15) is 14.4 Å². The smallest absolute Gasteiger partial charge is 0.356 e. The lowest BCUT2D eigenvalue weighted by atomic mass is 10.3. The van der Waals surface area contributed by atoms with Gasteiger partial charge in [-0.05, 0) is 6.92 Å². The molecule has 3 N–H and O–H groups in total. The first-order valence-corrected chi connectivity index (χ1v) is 3.20. The second-order valence-electron chi connectivity index (χ2n) is 2.17. The number of ether oxygens (including phenoxy) is 1. The maximum absolute atomic E-state index is 10.6. The second kappa shape index (κ2) is 4.41. The molecule has 0 spiro atoms. The summed E-state index contributed by atoms with van der Waals surface area (Å²) in [5.74, 6) is -4.90. The molecule has 74 valence electrons. The number of esters is 1. The van der Waals surface area contributed by atoms with Gasteiger partial charge >= 0.3 is 17.9 Å². The SMILES string of the molecule is CC(O)C(=O)OC(C(=O)O)C(=O)O. The van der Waals surface area contributed by atoms with Crippen molar-refractivity contribution in [2.75, 3.05) is 0 Å². The monoisotopic (exact) mass is 192 g/mol. The molecule has 0 saturated carbocycles. The third kappa shape index (κ3) is 3.52. The highest BCUT2D eigenvalue weighted by Crippen LogP contribution is 1.96. The Morgan fingerprint density at radius 1 is 1.15 bits per heavy atom. The fraction of sp³-hybridized carbons (Fsp3) is 0.500. The highest BCUT2D eigenvalue weighted by Gasteiger charge is 2.31. The topological polar surface area (TPSA) is 121 Å². The molecule has 1 atom stereocenters. The van der Waals surface area contributed by atoms with Crippen molar-refractivity contribution in [3.05, 3.63) is 0 Å². The Balaban J connectivity index is 4.36. The number of aliphatic hydroxyl groups excluding tert-OH is 1. The standard InChI is InChI=1S/C6H8O7/c1-2(7)6(12)13-3(4(8)9)5(10)11/h2-3,7H,1H3,(H,8,9)(H,10,11). The molecule has 0 amide bonds. The van der Waals surface area contributed by atoms with E-state index in [-0.39, 0.29) is 0 Å². The molecule has 13 heavy (non-hydrogen) atoms. The van der Waals surface area contributed by atoms with E-state index in [0.29, 0.717) is 0 Å². The zero-order valence-corrected chi connectivity index (χ0v) is 6.63. The highest BCUT2D eigenvalue weighted by atomic mass is 16.6. The number of hydrogen-bond acceptors (Lipinski definition) is 5. The van der Waals surface area contributed by atoms with Gasteiger partial charge < -0.3 is 20.1 Å². The molecule has 7 nitrogen and oxygen atoms in total. The third-order valence-corrected chi connectivity index (χ3v) is 1.02. The summed E-state index contributed by atoms with van der Waals surface area (Å²) in [5.41, 5.74) is 0. The lowest BCUT2D eigenvalue weighted by molar-refractivity contribution is -0.178. The quantitative estimate of drug-likeness (QED) is 0.364. The van der Waals surface area contributed by atoms with E-state index >= 15 is 0 Å². The van der Waals surface area contributed by atoms with Crippen LogP contribution in [0.15, 0.2) is 0 Å². The van der Waals surface area contributed by atoms with E-state index in [1.165, 1.54) is 0 Å². The van der Waals surface area contributed by atoms with Gasteiger partial charge in [0.1, 0.15) is 6.10 Å². The van der Waals surface area contributed by atoms with Crippen molar-refractivity contribution in [1.82, 2.24) is 0 Å². The van der Waals surface area contributed by atoms with E-state index in [2.05, 4.69) is 4.74 Å². The van der Waals surface area contributed by atoms with Crippen molar-refractivity contribution >= 4 is 17.9 Å². The van der Waals surface area contributed by atoms with Crippen LogP contribution < -0.4 is 0 Å². The zero-order chi connectivity index (χ0) is 10.6. The lowest BCUT2D eigenvalue weighted by Crippen LogP contribution is -2.37. The summed E-state index contributed by atoms with van der Waals surface area (Å²) < 4.78 is 3.95. The molecular weight excluding hydrogens is 184 g/mol. The van der Waals surface area contributed by atoms with Crippen LogP contribution in [0.25, 0.3) is 0 Å². The Morgan fingerprint density at radius 3 is 1.77 bits per heavy atom. The molecule has 0 rings (SSSR count). The minimum atomic E-state index is -2.28. The average Bonchev–Trinajstić information content (AvgIpc) is 1.97. The van der Waals surface area contributed by atoms with Gasteiger partial charge in [0.25, 0.3) is 6.10 Å². The van der Waals surface area contributed by atoms with Crippen LogP contribution in [-0.4, -0.2) is 45.4 Å². The fourth-order valence-electron chi connectivity index (χ4n) is 0.421. The molecule has 0 bridgehead atoms. The first-order valence-electron chi connectivity index (χ1n) is 3.20. The Bertz CT molecular complexity index is 217. The van der Waals surface area contributed by atoms with Crippen molar-refractivity contribution in [1.29, 1.82) is 0 Å². The summed E-state index contributed by atoms with van der Waals surface area (Å²) in [6.07, 6.45) is -3.83. The normalized spacial score (nSPS) is 12.2. The van der Waals surface area contributed by atoms with E-state index < -0.39 is 30.1 Å². The van der Waals surface area contributed by atoms with Crippen LogP contribution in [0.2, 0.25) is 0 Å². The summed E-state index contributed by atoms with van der Waals surface area (Å²) in [5, 5.41) is 25.0. The Hall–Kier alpha value is -1.63. The largest absolute Gasteiger partial charge is 0.478 e. The minimum Gasteiger partial charge on any atom is -0.478 e. The van der Waals surface area contributed by atoms with Crippen LogP contribution in [0.4, 0.5) is 0 Å². The molecular formula is C6H8O7. The predicted molar refractivity (Wildman–Crippen MR) is 36.8 cm³/mol. The van der Waals surface area contributed by atoms with E-state index in [4.69, 9.17) is 15.3 Å². The van der Waals surface area contributed by atoms with E-state index in [1.807, 2.05) is 0 Å². The molecule has 0 saturated heterocycles. The van der Waals surface area contributed by atoms with Crippen molar-refractivity contribution < 1.29 is 34.4 Å². The maximum Gasteiger partial charge on any atom is 0.356 e. The van der Waals surface area contributed by atoms with Gasteiger partial charge in [-0.25, -0.2) is 14.4 Å². The van der Waals surface area contributed by atoms with Crippen LogP contribution in [0.1, 0.15) is 6.92 Å². The molecule has 0 heterocycles. The van der Waals surface area contributed by atoms with Gasteiger partial charge in [0.15, 0.2) is 0 Å². The van der Waals surface area contributed by atoms with Crippen LogP contribution in [0, 0.1) is 0 Å². The fourth-order valence-corrected chi connectivity index (χ4v) is 0.421. The summed E-state index contributed by atoms with van der Waals surface area (Å²) in [4.78, 5) is 30.9. The number of carbonyl (C=O) groups excluding carboxylic acids is 1. The van der Waals surface area contributed by atoms with Crippen LogP contribution >= 0.6 is 0 Å².